The van der Waals surface area contributed by atoms with E-state index in [1.54, 1.807) is 0 Å². The third kappa shape index (κ3) is 3.78. The van der Waals surface area contributed by atoms with Crippen molar-refractivity contribution in [2.24, 2.45) is 5.41 Å². The first-order valence-electron chi connectivity index (χ1n) is 6.03. The zero-order valence-corrected chi connectivity index (χ0v) is 12.5. The van der Waals surface area contributed by atoms with Gasteiger partial charge < -0.3 is 5.32 Å². The molecule has 19 heavy (non-hydrogen) atoms. The summed E-state index contributed by atoms with van der Waals surface area (Å²) in [7, 11) is 0. The van der Waals surface area contributed by atoms with Crippen molar-refractivity contribution in [2.45, 2.75) is 25.4 Å². The third-order valence-electron chi connectivity index (χ3n) is 3.53. The van der Waals surface area contributed by atoms with Crippen molar-refractivity contribution in [2.75, 3.05) is 17.7 Å². The van der Waals surface area contributed by atoms with Gasteiger partial charge in [-0.25, -0.2) is 0 Å². The van der Waals surface area contributed by atoms with Crippen LogP contribution < -0.4 is 5.32 Å². The molecule has 1 aromatic rings. The Morgan fingerprint density at radius 1 is 1.32 bits per heavy atom. The Bertz CT molecular complexity index is 458. The van der Waals surface area contributed by atoms with Crippen LogP contribution in [-0.4, -0.2) is 12.4 Å². The Kier molecular flexibility index (Phi) is 4.35. The van der Waals surface area contributed by atoms with Gasteiger partial charge in [0.2, 0.25) is 0 Å². The molecule has 0 spiro atoms. The molecule has 6 heteroatoms. The van der Waals surface area contributed by atoms with Crippen molar-refractivity contribution in [3.63, 3.8) is 0 Å². The Labute approximate surface area is 123 Å². The fourth-order valence-electron chi connectivity index (χ4n) is 2.01. The molecule has 1 aromatic carbocycles. The first kappa shape index (κ1) is 15.0. The highest BCUT2D eigenvalue weighted by Gasteiger charge is 2.41. The van der Waals surface area contributed by atoms with Gasteiger partial charge in [0.05, 0.1) is 5.56 Å². The maximum absolute atomic E-state index is 12.5. The smallest absolute Gasteiger partial charge is 0.384 e. The van der Waals surface area contributed by atoms with Crippen molar-refractivity contribution in [1.29, 1.82) is 0 Å². The number of nitrogens with one attached hydrogen (secondary N) is 1. The second kappa shape index (κ2) is 5.52. The molecular weight excluding hydrogens is 343 g/mol. The zero-order chi connectivity index (χ0) is 14.1. The van der Waals surface area contributed by atoms with Crippen molar-refractivity contribution in [3.05, 3.63) is 28.2 Å². The quantitative estimate of drug-likeness (QED) is 0.707. The predicted molar refractivity (Wildman–Crippen MR) is 74.6 cm³/mol. The van der Waals surface area contributed by atoms with Crippen LogP contribution in [0.2, 0.25) is 0 Å². The number of benzene rings is 1. The number of hydrogen-bond donors (Lipinski definition) is 1. The van der Waals surface area contributed by atoms with Crippen LogP contribution in [0.5, 0.6) is 0 Å². The lowest BCUT2D eigenvalue weighted by Gasteiger charge is -2.17. The third-order valence-corrected chi connectivity index (χ3v) is 4.38. The van der Waals surface area contributed by atoms with E-state index in [0.29, 0.717) is 16.0 Å². The molecule has 1 aliphatic carbocycles. The van der Waals surface area contributed by atoms with Gasteiger partial charge in [-0.15, -0.1) is 11.6 Å². The summed E-state index contributed by atoms with van der Waals surface area (Å²) in [6, 6.07) is 3.65. The summed E-state index contributed by atoms with van der Waals surface area (Å²) < 4.78 is 38.0. The number of rotatable bonds is 5. The molecule has 1 nitrogen and oxygen atoms in total. The fourth-order valence-corrected chi connectivity index (χ4v) is 2.93. The normalized spacial score (nSPS) is 17.3. The van der Waals surface area contributed by atoms with Gasteiger partial charge in [0.1, 0.15) is 0 Å². The lowest BCUT2D eigenvalue weighted by atomic mass is 10.0. The van der Waals surface area contributed by atoms with Crippen LogP contribution in [0.25, 0.3) is 0 Å². The minimum absolute atomic E-state index is 0.240. The topological polar surface area (TPSA) is 12.0 Å². The average molecular weight is 357 g/mol. The van der Waals surface area contributed by atoms with E-state index in [1.807, 2.05) is 0 Å². The van der Waals surface area contributed by atoms with Gasteiger partial charge in [-0.05, 0) is 58.8 Å². The maximum Gasteiger partial charge on any atom is 0.416 e. The fraction of sp³-hybridized carbons (Fsp3) is 0.538. The van der Waals surface area contributed by atoms with Gasteiger partial charge in [0, 0.05) is 22.6 Å². The van der Waals surface area contributed by atoms with Crippen LogP contribution in [0.1, 0.15) is 24.8 Å². The van der Waals surface area contributed by atoms with Crippen molar-refractivity contribution in [3.8, 4) is 0 Å². The van der Waals surface area contributed by atoms with Crippen LogP contribution in [-0.2, 0) is 6.18 Å². The molecule has 0 aliphatic heterocycles. The van der Waals surface area contributed by atoms with Crippen LogP contribution in [0.15, 0.2) is 22.7 Å². The SMILES string of the molecule is FC(F)(F)c1ccc(NCC2(CCCl)CC2)c(Br)c1. The summed E-state index contributed by atoms with van der Waals surface area (Å²) in [6.45, 7) is 0.754. The van der Waals surface area contributed by atoms with Crippen LogP contribution in [0.3, 0.4) is 0 Å². The molecule has 0 unspecified atom stereocenters. The van der Waals surface area contributed by atoms with Gasteiger partial charge in [-0.1, -0.05) is 0 Å². The molecule has 0 heterocycles. The number of anilines is 1. The minimum Gasteiger partial charge on any atom is -0.384 e. The molecule has 0 aromatic heterocycles. The Hall–Kier alpha value is -0.420. The van der Waals surface area contributed by atoms with Crippen LogP contribution in [0.4, 0.5) is 18.9 Å². The van der Waals surface area contributed by atoms with Crippen LogP contribution >= 0.6 is 27.5 Å². The molecule has 1 aliphatic rings. The molecule has 1 N–H and O–H groups in total. The number of halogens is 5. The van der Waals surface area contributed by atoms with Crippen molar-refractivity contribution in [1.82, 2.24) is 0 Å². The summed E-state index contributed by atoms with van der Waals surface area (Å²) in [4.78, 5) is 0. The van der Waals surface area contributed by atoms with Gasteiger partial charge in [-0.3, -0.25) is 0 Å². The summed E-state index contributed by atoms with van der Waals surface area (Å²) in [5.41, 5.74) is 0.282. The van der Waals surface area contributed by atoms with E-state index >= 15 is 0 Å². The lowest BCUT2D eigenvalue weighted by Crippen LogP contribution is -2.16. The molecule has 2 rings (SSSR count). The second-order valence-corrected chi connectivity index (χ2v) is 6.22. The Morgan fingerprint density at radius 3 is 2.47 bits per heavy atom. The van der Waals surface area contributed by atoms with Gasteiger partial charge >= 0.3 is 6.18 Å². The first-order chi connectivity index (χ1) is 8.86. The van der Waals surface area contributed by atoms with E-state index in [2.05, 4.69) is 21.2 Å². The second-order valence-electron chi connectivity index (χ2n) is 4.98. The molecule has 0 saturated heterocycles. The van der Waals surface area contributed by atoms with E-state index in [-0.39, 0.29) is 5.41 Å². The van der Waals surface area contributed by atoms with Crippen LogP contribution in [0, 0.1) is 5.41 Å². The van der Waals surface area contributed by atoms with Gasteiger partial charge in [0.25, 0.3) is 0 Å². The van der Waals surface area contributed by atoms with Crippen molar-refractivity contribution >= 4 is 33.2 Å². The maximum atomic E-state index is 12.5. The Morgan fingerprint density at radius 2 is 2.00 bits per heavy atom. The average Bonchev–Trinajstić information content (AvgIpc) is 3.07. The Balaban J connectivity index is 2.02. The highest BCUT2D eigenvalue weighted by molar-refractivity contribution is 9.10. The molecule has 1 fully saturated rings. The molecule has 0 bridgehead atoms. The summed E-state index contributed by atoms with van der Waals surface area (Å²) in [6.07, 6.45) is -1.10. The molecule has 106 valence electrons. The van der Waals surface area contributed by atoms with Gasteiger partial charge in [0.15, 0.2) is 0 Å². The predicted octanol–water partition coefficient (Wildman–Crippen LogP) is 5.29. The van der Waals surface area contributed by atoms with E-state index in [4.69, 9.17) is 11.6 Å². The summed E-state index contributed by atoms with van der Waals surface area (Å²) in [5.74, 6) is 0.621. The van der Waals surface area contributed by atoms with E-state index in [1.165, 1.54) is 6.07 Å². The van der Waals surface area contributed by atoms with Crippen molar-refractivity contribution < 1.29 is 13.2 Å². The standard InChI is InChI=1S/C13H14BrClF3N/c14-10-7-9(13(16,17)18)1-2-11(10)19-8-12(3-4-12)5-6-15/h1-2,7,19H,3-6,8H2. The van der Waals surface area contributed by atoms with E-state index in [0.717, 1.165) is 37.9 Å². The van der Waals surface area contributed by atoms with E-state index < -0.39 is 11.7 Å². The summed E-state index contributed by atoms with van der Waals surface area (Å²) >= 11 is 8.93. The minimum atomic E-state index is -4.31. The first-order valence-corrected chi connectivity index (χ1v) is 7.36. The monoisotopic (exact) mass is 355 g/mol. The largest absolute Gasteiger partial charge is 0.416 e. The zero-order valence-electron chi connectivity index (χ0n) is 10.2. The molecule has 1 saturated carbocycles. The number of hydrogen-bond acceptors (Lipinski definition) is 1. The highest BCUT2D eigenvalue weighted by atomic mass is 79.9. The lowest BCUT2D eigenvalue weighted by molar-refractivity contribution is -0.137. The molecule has 0 radical (unpaired) electrons. The molecule has 0 amide bonds. The molecule has 0 atom stereocenters. The molecular formula is C13H14BrClF3N. The van der Waals surface area contributed by atoms with Gasteiger partial charge in [-0.2, -0.15) is 13.2 Å². The summed E-state index contributed by atoms with van der Waals surface area (Å²) in [5, 5.41) is 3.21. The highest BCUT2D eigenvalue weighted by Crippen LogP contribution is 2.49. The number of alkyl halides is 4. The van der Waals surface area contributed by atoms with E-state index in [9.17, 15) is 13.2 Å².